The molecule has 18 heavy (non-hydrogen) atoms. The summed E-state index contributed by atoms with van der Waals surface area (Å²) >= 11 is 0. The Kier molecular flexibility index (Phi) is 3.07. The molecule has 1 fully saturated rings. The number of H-pyrrole nitrogens is 1. The molecule has 2 atom stereocenters. The van der Waals surface area contributed by atoms with Crippen LogP contribution >= 0.6 is 0 Å². The largest absolute Gasteiger partial charge is 0.393 e. The Labute approximate surface area is 99.8 Å². The summed E-state index contributed by atoms with van der Waals surface area (Å²) in [6.45, 7) is 0.617. The van der Waals surface area contributed by atoms with Gasteiger partial charge in [0.2, 0.25) is 0 Å². The van der Waals surface area contributed by atoms with E-state index in [-0.39, 0.29) is 5.56 Å². The molecule has 1 aliphatic heterocycles. The molecule has 2 rings (SSSR count). The predicted molar refractivity (Wildman–Crippen MR) is 56.6 cm³/mol. The molecule has 6 nitrogen and oxygen atoms in total. The van der Waals surface area contributed by atoms with Crippen molar-refractivity contribution < 1.29 is 18.6 Å². The number of aryl methyl sites for hydroxylation is 1. The molecule has 0 bridgehead atoms. The van der Waals surface area contributed by atoms with Crippen molar-refractivity contribution in [3.63, 3.8) is 0 Å². The highest BCUT2D eigenvalue weighted by Crippen LogP contribution is 2.39. The minimum atomic E-state index is -3.21. The fourth-order valence-corrected chi connectivity index (χ4v) is 1.84. The lowest BCUT2D eigenvalue weighted by molar-refractivity contribution is -0.102. The van der Waals surface area contributed by atoms with Crippen LogP contribution in [0, 0.1) is 6.92 Å². The van der Waals surface area contributed by atoms with E-state index >= 15 is 0 Å². The number of aliphatic hydroxyl groups is 1. The first-order valence-corrected chi connectivity index (χ1v) is 5.31. The quantitative estimate of drug-likeness (QED) is 0.770. The van der Waals surface area contributed by atoms with Gasteiger partial charge in [-0.25, -0.2) is 13.6 Å². The fourth-order valence-electron chi connectivity index (χ4n) is 1.84. The molecule has 8 heteroatoms. The number of aromatic amines is 1. The van der Waals surface area contributed by atoms with Crippen LogP contribution in [0.25, 0.3) is 0 Å². The van der Waals surface area contributed by atoms with E-state index in [2.05, 4.69) is 0 Å². The zero-order valence-corrected chi connectivity index (χ0v) is 9.52. The molecule has 0 aromatic carbocycles. The van der Waals surface area contributed by atoms with Gasteiger partial charge in [-0.15, -0.1) is 0 Å². The van der Waals surface area contributed by atoms with Crippen molar-refractivity contribution >= 4 is 0 Å². The summed E-state index contributed by atoms with van der Waals surface area (Å²) in [5, 5.41) is 8.78. The van der Waals surface area contributed by atoms with Crippen LogP contribution < -0.4 is 11.2 Å². The van der Waals surface area contributed by atoms with Gasteiger partial charge >= 0.3 is 5.69 Å². The third-order valence-electron chi connectivity index (χ3n) is 2.86. The molecule has 0 unspecified atom stereocenters. The van der Waals surface area contributed by atoms with Gasteiger partial charge in [0.15, 0.2) is 0 Å². The number of hydrogen-bond acceptors (Lipinski definition) is 4. The minimum absolute atomic E-state index is 0.217. The zero-order chi connectivity index (χ0) is 13.5. The third-order valence-corrected chi connectivity index (χ3v) is 2.86. The number of aliphatic hydroxyl groups excluding tert-OH is 1. The van der Waals surface area contributed by atoms with Crippen molar-refractivity contribution in [3.05, 3.63) is 32.6 Å². The molecular formula is C10H12F2N2O4. The Morgan fingerprint density at radius 2 is 2.28 bits per heavy atom. The first-order chi connectivity index (χ1) is 8.35. The Morgan fingerprint density at radius 1 is 1.61 bits per heavy atom. The number of rotatable bonds is 2. The monoisotopic (exact) mass is 262 g/mol. The molecule has 0 saturated carbocycles. The Bertz CT molecular complexity index is 566. The van der Waals surface area contributed by atoms with E-state index in [4.69, 9.17) is 9.84 Å². The number of ether oxygens (including phenoxy) is 1. The summed E-state index contributed by atoms with van der Waals surface area (Å²) in [6.07, 6.45) is -2.38. The van der Waals surface area contributed by atoms with Crippen molar-refractivity contribution in [1.82, 2.24) is 9.55 Å². The van der Waals surface area contributed by atoms with Crippen LogP contribution in [0.1, 0.15) is 18.2 Å². The van der Waals surface area contributed by atoms with Gasteiger partial charge in [0.05, 0.1) is 13.0 Å². The van der Waals surface area contributed by atoms with E-state index in [1.807, 2.05) is 4.98 Å². The van der Waals surface area contributed by atoms with E-state index in [9.17, 15) is 18.4 Å². The van der Waals surface area contributed by atoms with E-state index in [0.29, 0.717) is 0 Å². The summed E-state index contributed by atoms with van der Waals surface area (Å²) in [7, 11) is 0. The lowest BCUT2D eigenvalue weighted by atomic mass is 10.1. The van der Waals surface area contributed by atoms with Crippen LogP contribution in [-0.4, -0.2) is 33.3 Å². The normalized spacial score (nSPS) is 26.4. The van der Waals surface area contributed by atoms with E-state index in [0.717, 1.165) is 4.57 Å². The number of halogens is 2. The van der Waals surface area contributed by atoms with E-state index in [1.54, 1.807) is 0 Å². The summed E-state index contributed by atoms with van der Waals surface area (Å²) < 4.78 is 32.6. The molecular weight excluding hydrogens is 250 g/mol. The Hall–Kier alpha value is -1.54. The SMILES string of the molecule is Cc1cn([C@@H]2CC(F)(F)[C@H](CO)O2)c(=O)[nH]c1=O. The van der Waals surface area contributed by atoms with Crippen LogP contribution in [0.3, 0.4) is 0 Å². The van der Waals surface area contributed by atoms with Gasteiger partial charge < -0.3 is 9.84 Å². The predicted octanol–water partition coefficient (Wildman–Crippen LogP) is -0.240. The minimum Gasteiger partial charge on any atom is -0.393 e. The van der Waals surface area contributed by atoms with Crippen LogP contribution in [0.5, 0.6) is 0 Å². The maximum atomic E-state index is 13.4. The smallest absolute Gasteiger partial charge is 0.330 e. The summed E-state index contributed by atoms with van der Waals surface area (Å²) in [5.41, 5.74) is -1.17. The van der Waals surface area contributed by atoms with Crippen LogP contribution in [0.4, 0.5) is 8.78 Å². The lowest BCUT2D eigenvalue weighted by Crippen LogP contribution is -2.33. The standard InChI is InChI=1S/C10H12F2N2O4/c1-5-3-14(9(17)13-8(5)16)7-2-10(11,12)6(4-15)18-7/h3,6-7,15H,2,4H2,1H3,(H,13,16,17)/t6-,7-/m0/s1. The van der Waals surface area contributed by atoms with Crippen molar-refractivity contribution in [1.29, 1.82) is 0 Å². The maximum absolute atomic E-state index is 13.4. The molecule has 1 aromatic rings. The molecule has 2 heterocycles. The van der Waals surface area contributed by atoms with Crippen LogP contribution in [0.2, 0.25) is 0 Å². The fraction of sp³-hybridized carbons (Fsp3) is 0.600. The number of aromatic nitrogens is 2. The highest BCUT2D eigenvalue weighted by atomic mass is 19.3. The van der Waals surface area contributed by atoms with Crippen molar-refractivity contribution in [2.75, 3.05) is 6.61 Å². The van der Waals surface area contributed by atoms with Gasteiger partial charge in [0.25, 0.3) is 11.5 Å². The van der Waals surface area contributed by atoms with Gasteiger partial charge in [-0.3, -0.25) is 14.3 Å². The summed E-state index contributed by atoms with van der Waals surface area (Å²) in [5.74, 6) is -3.21. The third kappa shape index (κ3) is 2.08. The lowest BCUT2D eigenvalue weighted by Gasteiger charge is -2.14. The van der Waals surface area contributed by atoms with Gasteiger partial charge in [0.1, 0.15) is 12.3 Å². The number of hydrogen-bond donors (Lipinski definition) is 2. The Morgan fingerprint density at radius 3 is 2.83 bits per heavy atom. The Balaban J connectivity index is 2.38. The van der Waals surface area contributed by atoms with E-state index in [1.165, 1.54) is 13.1 Å². The highest BCUT2D eigenvalue weighted by Gasteiger charge is 2.50. The van der Waals surface area contributed by atoms with Gasteiger partial charge in [0, 0.05) is 11.8 Å². The molecule has 1 aromatic heterocycles. The van der Waals surface area contributed by atoms with Gasteiger partial charge in [-0.2, -0.15) is 0 Å². The highest BCUT2D eigenvalue weighted by molar-refractivity contribution is 5.02. The molecule has 1 aliphatic rings. The molecule has 1 saturated heterocycles. The number of nitrogens with one attached hydrogen (secondary N) is 1. The second-order valence-corrected chi connectivity index (χ2v) is 4.21. The van der Waals surface area contributed by atoms with Crippen LogP contribution in [0.15, 0.2) is 15.8 Å². The molecule has 0 spiro atoms. The average molecular weight is 262 g/mol. The van der Waals surface area contributed by atoms with Crippen molar-refractivity contribution in [2.45, 2.75) is 31.6 Å². The first kappa shape index (κ1) is 12.9. The number of nitrogens with zero attached hydrogens (tertiary/aromatic N) is 1. The van der Waals surface area contributed by atoms with Crippen LogP contribution in [-0.2, 0) is 4.74 Å². The van der Waals surface area contributed by atoms with Crippen molar-refractivity contribution in [2.24, 2.45) is 0 Å². The second-order valence-electron chi connectivity index (χ2n) is 4.21. The molecule has 100 valence electrons. The molecule has 0 amide bonds. The topological polar surface area (TPSA) is 84.3 Å². The summed E-state index contributed by atoms with van der Waals surface area (Å²) in [6, 6.07) is 0. The van der Waals surface area contributed by atoms with Crippen molar-refractivity contribution in [3.8, 4) is 0 Å². The van der Waals surface area contributed by atoms with Gasteiger partial charge in [-0.1, -0.05) is 0 Å². The van der Waals surface area contributed by atoms with Gasteiger partial charge in [-0.05, 0) is 6.92 Å². The average Bonchev–Trinajstić information content (AvgIpc) is 2.58. The first-order valence-electron chi connectivity index (χ1n) is 5.31. The molecule has 0 aliphatic carbocycles. The maximum Gasteiger partial charge on any atom is 0.330 e. The van der Waals surface area contributed by atoms with E-state index < -0.39 is 42.5 Å². The number of alkyl halides is 2. The zero-order valence-electron chi connectivity index (χ0n) is 9.52. The second kappa shape index (κ2) is 4.29. The summed E-state index contributed by atoms with van der Waals surface area (Å²) in [4.78, 5) is 24.7. The molecule has 2 N–H and O–H groups in total. The molecule has 0 radical (unpaired) electrons.